The monoisotopic (exact) mass is 329 g/mol. The second-order valence-corrected chi connectivity index (χ2v) is 8.14. The Morgan fingerprint density at radius 1 is 1.00 bits per heavy atom. The Bertz CT molecular complexity index is 783. The Balaban J connectivity index is 1.59. The summed E-state index contributed by atoms with van der Waals surface area (Å²) < 4.78 is 22.8. The number of hydrogen-bond acceptors (Lipinski definition) is 3. The summed E-state index contributed by atoms with van der Waals surface area (Å²) in [6.07, 6.45) is 0.784. The molecular formula is C18H19NO3S. The van der Waals surface area contributed by atoms with Crippen LogP contribution in [-0.2, 0) is 21.1 Å². The molecule has 0 radical (unpaired) electrons. The largest absolute Gasteiger partial charge is 0.352 e. The molecule has 1 heterocycles. The van der Waals surface area contributed by atoms with Crippen LogP contribution in [0, 0.1) is 0 Å². The van der Waals surface area contributed by atoms with Crippen molar-refractivity contribution in [2.75, 3.05) is 11.5 Å². The minimum Gasteiger partial charge on any atom is -0.352 e. The number of rotatable bonds is 4. The molecule has 0 aromatic heterocycles. The van der Waals surface area contributed by atoms with E-state index >= 15 is 0 Å². The summed E-state index contributed by atoms with van der Waals surface area (Å²) in [4.78, 5) is 12.0. The topological polar surface area (TPSA) is 63.2 Å². The van der Waals surface area contributed by atoms with Crippen LogP contribution >= 0.6 is 0 Å². The third-order valence-electron chi connectivity index (χ3n) is 4.02. The van der Waals surface area contributed by atoms with Gasteiger partial charge in [0.1, 0.15) is 0 Å². The van der Waals surface area contributed by atoms with Gasteiger partial charge in [-0.1, -0.05) is 54.6 Å². The van der Waals surface area contributed by atoms with E-state index in [1.54, 1.807) is 0 Å². The average molecular weight is 329 g/mol. The lowest BCUT2D eigenvalue weighted by molar-refractivity contribution is -0.120. The number of benzene rings is 2. The lowest BCUT2D eigenvalue weighted by Crippen LogP contribution is -2.36. The van der Waals surface area contributed by atoms with E-state index < -0.39 is 9.84 Å². The van der Waals surface area contributed by atoms with Crippen molar-refractivity contribution in [2.45, 2.75) is 18.9 Å². The van der Waals surface area contributed by atoms with Gasteiger partial charge in [0, 0.05) is 6.04 Å². The second-order valence-electron chi connectivity index (χ2n) is 5.91. The average Bonchev–Trinajstić information content (AvgIpc) is 2.87. The molecule has 0 bridgehead atoms. The Labute approximate surface area is 136 Å². The van der Waals surface area contributed by atoms with Crippen molar-refractivity contribution >= 4 is 15.7 Å². The molecule has 1 amide bonds. The van der Waals surface area contributed by atoms with Crippen LogP contribution in [-0.4, -0.2) is 31.9 Å². The van der Waals surface area contributed by atoms with Crippen LogP contribution < -0.4 is 5.32 Å². The van der Waals surface area contributed by atoms with Crippen molar-refractivity contribution in [3.8, 4) is 11.1 Å². The molecule has 0 spiro atoms. The van der Waals surface area contributed by atoms with Crippen LogP contribution in [0.2, 0.25) is 0 Å². The van der Waals surface area contributed by atoms with Crippen LogP contribution in [0.1, 0.15) is 12.0 Å². The number of carbonyl (C=O) groups is 1. The zero-order chi connectivity index (χ0) is 16.3. The van der Waals surface area contributed by atoms with Crippen molar-refractivity contribution in [1.82, 2.24) is 5.32 Å². The molecule has 1 N–H and O–H groups in total. The normalized spacial score (nSPS) is 19.4. The Morgan fingerprint density at radius 3 is 2.26 bits per heavy atom. The van der Waals surface area contributed by atoms with Gasteiger partial charge in [-0.25, -0.2) is 8.42 Å². The van der Waals surface area contributed by atoms with Crippen LogP contribution in [0.25, 0.3) is 11.1 Å². The summed E-state index contributed by atoms with van der Waals surface area (Å²) in [6.45, 7) is 0. The molecule has 1 unspecified atom stereocenters. The third-order valence-corrected chi connectivity index (χ3v) is 5.79. The van der Waals surface area contributed by atoms with Crippen molar-refractivity contribution in [1.29, 1.82) is 0 Å². The van der Waals surface area contributed by atoms with Crippen molar-refractivity contribution in [2.24, 2.45) is 0 Å². The predicted octanol–water partition coefficient (Wildman–Crippen LogP) is 2.20. The number of carbonyl (C=O) groups excluding carboxylic acids is 1. The smallest absolute Gasteiger partial charge is 0.224 e. The number of sulfone groups is 1. The van der Waals surface area contributed by atoms with E-state index in [2.05, 4.69) is 5.32 Å². The summed E-state index contributed by atoms with van der Waals surface area (Å²) in [6, 6.07) is 17.7. The van der Waals surface area contributed by atoms with Crippen LogP contribution in [0.3, 0.4) is 0 Å². The van der Waals surface area contributed by atoms with Gasteiger partial charge in [0.25, 0.3) is 0 Å². The predicted molar refractivity (Wildman–Crippen MR) is 90.8 cm³/mol. The highest BCUT2D eigenvalue weighted by Crippen LogP contribution is 2.19. The number of hydrogen-bond donors (Lipinski definition) is 1. The second kappa shape index (κ2) is 6.54. The summed E-state index contributed by atoms with van der Waals surface area (Å²) in [5, 5.41) is 2.81. The maximum absolute atomic E-state index is 12.0. The summed E-state index contributed by atoms with van der Waals surface area (Å²) in [5.41, 5.74) is 3.17. The minimum atomic E-state index is -2.96. The molecule has 1 fully saturated rings. The van der Waals surface area contributed by atoms with Gasteiger partial charge < -0.3 is 5.32 Å². The highest BCUT2D eigenvalue weighted by molar-refractivity contribution is 7.91. The van der Waals surface area contributed by atoms with Gasteiger partial charge in [-0.05, 0) is 23.1 Å². The summed E-state index contributed by atoms with van der Waals surface area (Å²) in [5.74, 6) is 0.106. The number of amides is 1. The molecule has 120 valence electrons. The fraction of sp³-hybridized carbons (Fsp3) is 0.278. The van der Waals surface area contributed by atoms with E-state index in [1.807, 2.05) is 54.6 Å². The zero-order valence-corrected chi connectivity index (χ0v) is 13.6. The minimum absolute atomic E-state index is 0.0612. The van der Waals surface area contributed by atoms with E-state index in [0.29, 0.717) is 6.42 Å². The fourth-order valence-corrected chi connectivity index (χ4v) is 4.49. The Morgan fingerprint density at radius 2 is 1.65 bits per heavy atom. The van der Waals surface area contributed by atoms with Crippen molar-refractivity contribution in [3.05, 3.63) is 60.2 Å². The molecule has 3 rings (SSSR count). The molecule has 2 aromatic rings. The fourth-order valence-electron chi connectivity index (χ4n) is 2.82. The standard InChI is InChI=1S/C18H19NO3S/c20-18(19-17-10-11-23(21,22)13-17)12-14-6-8-16(9-7-14)15-4-2-1-3-5-15/h1-9,17H,10-13H2,(H,19,20). The van der Waals surface area contributed by atoms with E-state index in [9.17, 15) is 13.2 Å². The van der Waals surface area contributed by atoms with E-state index in [-0.39, 0.29) is 29.9 Å². The lowest BCUT2D eigenvalue weighted by Gasteiger charge is -2.11. The first-order chi connectivity index (χ1) is 11.0. The Hall–Kier alpha value is -2.14. The highest BCUT2D eigenvalue weighted by Gasteiger charge is 2.28. The third kappa shape index (κ3) is 4.20. The van der Waals surface area contributed by atoms with Crippen molar-refractivity contribution in [3.63, 3.8) is 0 Å². The van der Waals surface area contributed by atoms with E-state index in [1.165, 1.54) is 0 Å². The SMILES string of the molecule is O=C(Cc1ccc(-c2ccccc2)cc1)NC1CCS(=O)(=O)C1. The molecule has 23 heavy (non-hydrogen) atoms. The first-order valence-electron chi connectivity index (χ1n) is 7.66. The van der Waals surface area contributed by atoms with Gasteiger partial charge in [0.2, 0.25) is 5.91 Å². The molecule has 2 aromatic carbocycles. The quantitative estimate of drug-likeness (QED) is 0.935. The maximum atomic E-state index is 12.0. The maximum Gasteiger partial charge on any atom is 0.224 e. The lowest BCUT2D eigenvalue weighted by atomic mass is 10.0. The molecule has 1 saturated heterocycles. The van der Waals surface area contributed by atoms with Gasteiger partial charge in [0.05, 0.1) is 17.9 Å². The van der Waals surface area contributed by atoms with Gasteiger partial charge in [0.15, 0.2) is 9.84 Å². The van der Waals surface area contributed by atoms with Crippen LogP contribution in [0.15, 0.2) is 54.6 Å². The molecule has 5 heteroatoms. The first-order valence-corrected chi connectivity index (χ1v) is 9.48. The van der Waals surface area contributed by atoms with Crippen molar-refractivity contribution < 1.29 is 13.2 Å². The molecule has 1 aliphatic rings. The van der Waals surface area contributed by atoms with Gasteiger partial charge in [-0.2, -0.15) is 0 Å². The number of nitrogens with one attached hydrogen (secondary N) is 1. The van der Waals surface area contributed by atoms with Gasteiger partial charge >= 0.3 is 0 Å². The molecule has 1 aliphatic heterocycles. The first kappa shape index (κ1) is 15.7. The van der Waals surface area contributed by atoms with Gasteiger partial charge in [-0.15, -0.1) is 0 Å². The molecule has 4 nitrogen and oxygen atoms in total. The Kier molecular flexibility index (Phi) is 4.48. The van der Waals surface area contributed by atoms with Crippen LogP contribution in [0.4, 0.5) is 0 Å². The van der Waals surface area contributed by atoms with Gasteiger partial charge in [-0.3, -0.25) is 4.79 Å². The van der Waals surface area contributed by atoms with E-state index in [4.69, 9.17) is 0 Å². The van der Waals surface area contributed by atoms with Crippen LogP contribution in [0.5, 0.6) is 0 Å². The summed E-state index contributed by atoms with van der Waals surface area (Å²) in [7, 11) is -2.96. The summed E-state index contributed by atoms with van der Waals surface area (Å²) >= 11 is 0. The highest BCUT2D eigenvalue weighted by atomic mass is 32.2. The molecule has 1 atom stereocenters. The molecular weight excluding hydrogens is 310 g/mol. The zero-order valence-electron chi connectivity index (χ0n) is 12.7. The molecule has 0 saturated carbocycles. The molecule has 0 aliphatic carbocycles. The van der Waals surface area contributed by atoms with E-state index in [0.717, 1.165) is 16.7 Å².